The van der Waals surface area contributed by atoms with E-state index in [-0.39, 0.29) is 4.92 Å². The largest absolute Gasteiger partial charge is 0.480 e. The van der Waals surface area contributed by atoms with Crippen LogP contribution in [-0.2, 0) is 4.79 Å². The Balaban J connectivity index is 2.54. The molecule has 0 spiro atoms. The minimum absolute atomic E-state index is 0.330. The number of nitrogens with one attached hydrogen (secondary N) is 1. The normalized spacial score (nSPS) is 28.5. The molecule has 4 atom stereocenters. The molecule has 2 N–H and O–H groups in total. The predicted octanol–water partition coefficient (Wildman–Crippen LogP) is 2.40. The summed E-state index contributed by atoms with van der Waals surface area (Å²) in [6.07, 6.45) is 0. The first kappa shape index (κ1) is 16.4. The Hall–Kier alpha value is -1.95. The number of rotatable bonds is 3. The molecular formula is C16H22N2O4. The van der Waals surface area contributed by atoms with Gasteiger partial charge in [0.15, 0.2) is 0 Å². The maximum atomic E-state index is 11.7. The fourth-order valence-electron chi connectivity index (χ4n) is 3.50. The number of nitro groups is 1. The molecule has 1 aromatic carbocycles. The quantitative estimate of drug-likeness (QED) is 0.661. The second-order valence-electron chi connectivity index (χ2n) is 6.98. The van der Waals surface area contributed by atoms with Gasteiger partial charge in [-0.2, -0.15) is 0 Å². The van der Waals surface area contributed by atoms with Crippen LogP contribution in [-0.4, -0.2) is 28.1 Å². The van der Waals surface area contributed by atoms with Crippen LogP contribution in [0, 0.1) is 28.4 Å². The Kier molecular flexibility index (Phi) is 4.24. The maximum Gasteiger partial charge on any atom is 0.321 e. The summed E-state index contributed by atoms with van der Waals surface area (Å²) in [7, 11) is 0. The first-order valence-electron chi connectivity index (χ1n) is 7.32. The number of hydrogen-bond donors (Lipinski definition) is 2. The maximum absolute atomic E-state index is 11.7. The van der Waals surface area contributed by atoms with E-state index in [0.29, 0.717) is 0 Å². The third kappa shape index (κ3) is 2.83. The van der Waals surface area contributed by atoms with Crippen LogP contribution in [0.4, 0.5) is 0 Å². The summed E-state index contributed by atoms with van der Waals surface area (Å²) in [6, 6.07) is 4.90. The number of carboxylic acids is 1. The Morgan fingerprint density at radius 1 is 1.32 bits per heavy atom. The zero-order chi connectivity index (χ0) is 16.7. The van der Waals surface area contributed by atoms with Crippen molar-refractivity contribution in [3.05, 3.63) is 45.5 Å². The molecule has 120 valence electrons. The number of nitrogens with zero attached hydrogens (tertiary/aromatic N) is 1. The first-order chi connectivity index (χ1) is 10.1. The molecule has 0 aromatic heterocycles. The lowest BCUT2D eigenvalue weighted by atomic mass is 9.72. The van der Waals surface area contributed by atoms with Crippen molar-refractivity contribution < 1.29 is 14.8 Å². The van der Waals surface area contributed by atoms with Crippen LogP contribution < -0.4 is 5.32 Å². The fraction of sp³-hybridized carbons (Fsp3) is 0.562. The van der Waals surface area contributed by atoms with Crippen LogP contribution in [0.3, 0.4) is 0 Å². The average molecular weight is 306 g/mol. The zero-order valence-corrected chi connectivity index (χ0v) is 13.2. The van der Waals surface area contributed by atoms with Gasteiger partial charge in [0, 0.05) is 4.92 Å². The van der Waals surface area contributed by atoms with Crippen molar-refractivity contribution in [2.75, 3.05) is 0 Å². The minimum Gasteiger partial charge on any atom is -0.480 e. The molecule has 1 saturated heterocycles. The Bertz CT molecular complexity index is 594. The minimum atomic E-state index is -1.04. The highest BCUT2D eigenvalue weighted by Crippen LogP contribution is 2.43. The molecule has 1 heterocycles. The van der Waals surface area contributed by atoms with Crippen LogP contribution in [0.1, 0.15) is 37.9 Å². The molecule has 0 bridgehead atoms. The molecule has 0 radical (unpaired) electrons. The van der Waals surface area contributed by atoms with E-state index in [1.807, 2.05) is 52.0 Å². The van der Waals surface area contributed by atoms with Gasteiger partial charge in [-0.25, -0.2) is 0 Å². The highest BCUT2D eigenvalue weighted by atomic mass is 16.6. The molecule has 1 aliphatic heterocycles. The molecule has 0 amide bonds. The molecule has 1 aliphatic rings. The first-order valence-corrected chi connectivity index (χ1v) is 7.32. The van der Waals surface area contributed by atoms with E-state index in [0.717, 1.165) is 11.1 Å². The van der Waals surface area contributed by atoms with E-state index in [1.54, 1.807) is 0 Å². The third-order valence-electron chi connectivity index (χ3n) is 4.46. The van der Waals surface area contributed by atoms with Crippen LogP contribution >= 0.6 is 0 Å². The number of hydrogen-bond acceptors (Lipinski definition) is 4. The van der Waals surface area contributed by atoms with Gasteiger partial charge in [0.05, 0.1) is 5.92 Å². The lowest BCUT2D eigenvalue weighted by molar-refractivity contribution is -0.535. The number of benzene rings is 1. The van der Waals surface area contributed by atoms with E-state index >= 15 is 0 Å². The summed E-state index contributed by atoms with van der Waals surface area (Å²) < 4.78 is 0. The van der Waals surface area contributed by atoms with Crippen molar-refractivity contribution in [1.29, 1.82) is 0 Å². The second kappa shape index (κ2) is 5.68. The van der Waals surface area contributed by atoms with Crippen LogP contribution in [0.15, 0.2) is 24.3 Å². The number of carboxylic acid groups (broad SMARTS) is 1. The monoisotopic (exact) mass is 306 g/mol. The van der Waals surface area contributed by atoms with Crippen molar-refractivity contribution >= 4 is 5.97 Å². The number of aliphatic carboxylic acids is 1. The summed E-state index contributed by atoms with van der Waals surface area (Å²) >= 11 is 0. The standard InChI is InChI=1S/C16H22N2O4/c1-9-7-5-6-8-10(9)12-14(18(21)22)11(16(2,3)4)13(17-12)15(19)20/h5-8,11-14,17H,1-4H3,(H,19,20)/t11-,12+,13+,14+/m1/s1. The molecule has 0 aliphatic carbocycles. The Morgan fingerprint density at radius 3 is 2.36 bits per heavy atom. The summed E-state index contributed by atoms with van der Waals surface area (Å²) in [5.74, 6) is -1.63. The van der Waals surface area contributed by atoms with Gasteiger partial charge in [0.2, 0.25) is 6.04 Å². The van der Waals surface area contributed by atoms with E-state index in [4.69, 9.17) is 0 Å². The number of aryl methyl sites for hydroxylation is 1. The van der Waals surface area contributed by atoms with Gasteiger partial charge < -0.3 is 5.11 Å². The predicted molar refractivity (Wildman–Crippen MR) is 82.2 cm³/mol. The van der Waals surface area contributed by atoms with Crippen LogP contribution in [0.25, 0.3) is 0 Å². The van der Waals surface area contributed by atoms with Crippen molar-refractivity contribution in [3.63, 3.8) is 0 Å². The molecule has 0 saturated carbocycles. The molecule has 6 heteroatoms. The van der Waals surface area contributed by atoms with Gasteiger partial charge in [-0.05, 0) is 23.5 Å². The van der Waals surface area contributed by atoms with E-state index < -0.39 is 35.4 Å². The van der Waals surface area contributed by atoms with Crippen molar-refractivity contribution in [3.8, 4) is 0 Å². The summed E-state index contributed by atoms with van der Waals surface area (Å²) in [5.41, 5.74) is 1.22. The van der Waals surface area contributed by atoms with Crippen molar-refractivity contribution in [1.82, 2.24) is 5.32 Å². The van der Waals surface area contributed by atoms with Gasteiger partial charge in [0.25, 0.3) is 0 Å². The van der Waals surface area contributed by atoms with Gasteiger partial charge >= 0.3 is 5.97 Å². The highest BCUT2D eigenvalue weighted by molar-refractivity contribution is 5.75. The molecule has 22 heavy (non-hydrogen) atoms. The van der Waals surface area contributed by atoms with Crippen LogP contribution in [0.2, 0.25) is 0 Å². The lowest BCUT2D eigenvalue weighted by Gasteiger charge is -2.30. The third-order valence-corrected chi connectivity index (χ3v) is 4.46. The smallest absolute Gasteiger partial charge is 0.321 e. The van der Waals surface area contributed by atoms with Gasteiger partial charge in [-0.3, -0.25) is 20.2 Å². The van der Waals surface area contributed by atoms with Gasteiger partial charge in [0.1, 0.15) is 12.1 Å². The second-order valence-corrected chi connectivity index (χ2v) is 6.98. The topological polar surface area (TPSA) is 92.5 Å². The fourth-order valence-corrected chi connectivity index (χ4v) is 3.50. The summed E-state index contributed by atoms with van der Waals surface area (Å²) in [5, 5.41) is 24.2. The molecule has 1 aromatic rings. The van der Waals surface area contributed by atoms with E-state index in [9.17, 15) is 20.0 Å². The SMILES string of the molecule is Cc1ccccc1[C@@H]1N[C@H](C(=O)O)[C@@H](C(C)(C)C)[C@@H]1[N+](=O)[O-]. The van der Waals surface area contributed by atoms with Crippen molar-refractivity contribution in [2.45, 2.75) is 45.8 Å². The molecule has 1 fully saturated rings. The van der Waals surface area contributed by atoms with Crippen LogP contribution in [0.5, 0.6) is 0 Å². The average Bonchev–Trinajstić information content (AvgIpc) is 2.79. The molecule has 2 rings (SSSR count). The molecule has 0 unspecified atom stereocenters. The Morgan fingerprint density at radius 2 is 1.91 bits per heavy atom. The highest BCUT2D eigenvalue weighted by Gasteiger charge is 2.58. The van der Waals surface area contributed by atoms with Gasteiger partial charge in [-0.1, -0.05) is 45.0 Å². The summed E-state index contributed by atoms with van der Waals surface area (Å²) in [4.78, 5) is 23.0. The number of carbonyl (C=O) groups is 1. The Labute approximate surface area is 129 Å². The lowest BCUT2D eigenvalue weighted by Crippen LogP contribution is -2.44. The molecular weight excluding hydrogens is 284 g/mol. The van der Waals surface area contributed by atoms with Gasteiger partial charge in [-0.15, -0.1) is 0 Å². The summed E-state index contributed by atoms with van der Waals surface area (Å²) in [6.45, 7) is 7.44. The van der Waals surface area contributed by atoms with E-state index in [1.165, 1.54) is 0 Å². The van der Waals surface area contributed by atoms with E-state index in [2.05, 4.69) is 5.32 Å². The molecule has 6 nitrogen and oxygen atoms in total. The van der Waals surface area contributed by atoms with Crippen molar-refractivity contribution in [2.24, 2.45) is 11.3 Å². The zero-order valence-electron chi connectivity index (χ0n) is 13.2.